The number of carbonyl (C=O) groups is 2. The van der Waals surface area contributed by atoms with Gasteiger partial charge in [-0.05, 0) is 57.8 Å². The van der Waals surface area contributed by atoms with Gasteiger partial charge in [0.15, 0.2) is 0 Å². The summed E-state index contributed by atoms with van der Waals surface area (Å²) in [7, 11) is 0. The van der Waals surface area contributed by atoms with Crippen molar-refractivity contribution in [2.75, 3.05) is 13.2 Å². The molecule has 0 aromatic rings. The van der Waals surface area contributed by atoms with Crippen molar-refractivity contribution < 1.29 is 24.5 Å². The average Bonchev–Trinajstić information content (AvgIpc) is 3.46. The van der Waals surface area contributed by atoms with Crippen molar-refractivity contribution in [1.82, 2.24) is 5.32 Å². The zero-order valence-electron chi connectivity index (χ0n) is 54.3. The number of carbonyl (C=O) groups excluding carboxylic acids is 2. The first kappa shape index (κ1) is 78.3. The van der Waals surface area contributed by atoms with Crippen molar-refractivity contribution in [3.63, 3.8) is 0 Å². The van der Waals surface area contributed by atoms with Gasteiger partial charge in [-0.2, -0.15) is 0 Å². The third-order valence-electron chi connectivity index (χ3n) is 17.2. The number of ether oxygens (including phenoxy) is 1. The summed E-state index contributed by atoms with van der Waals surface area (Å²) in [5.74, 6) is -0.0431. The van der Waals surface area contributed by atoms with Crippen LogP contribution in [0.15, 0.2) is 24.3 Å². The lowest BCUT2D eigenvalue weighted by Crippen LogP contribution is -2.45. The van der Waals surface area contributed by atoms with Crippen molar-refractivity contribution in [3.8, 4) is 0 Å². The fourth-order valence-corrected chi connectivity index (χ4v) is 11.6. The smallest absolute Gasteiger partial charge is 0.305 e. The number of aliphatic hydroxyl groups excluding tert-OH is 2. The largest absolute Gasteiger partial charge is 0.466 e. The number of unbranched alkanes of at least 4 members (excludes halogenated alkanes) is 56. The molecule has 80 heavy (non-hydrogen) atoms. The van der Waals surface area contributed by atoms with Gasteiger partial charge in [-0.3, -0.25) is 9.59 Å². The summed E-state index contributed by atoms with van der Waals surface area (Å²) in [6, 6.07) is -0.627. The standard InChI is InChI=1S/C74H143NO5/c1-3-5-7-9-11-13-15-17-19-21-35-38-42-46-50-54-58-62-66-72(77)71(70-76)75-73(78)67-63-59-55-51-47-43-39-36-33-31-29-27-25-23-22-24-26-28-30-32-34-37-41-45-49-53-57-61-65-69-80-74(79)68-64-60-56-52-48-44-40-20-18-16-14-12-10-8-6-4-2/h22,24,62,66,71-72,76-77H,3-21,23,25-61,63-65,67-70H2,1-2H3,(H,75,78)/b24-22-,66-62+. The van der Waals surface area contributed by atoms with Crippen LogP contribution >= 0.6 is 0 Å². The van der Waals surface area contributed by atoms with Gasteiger partial charge in [-0.25, -0.2) is 0 Å². The van der Waals surface area contributed by atoms with Gasteiger partial charge in [0.1, 0.15) is 0 Å². The van der Waals surface area contributed by atoms with Gasteiger partial charge in [-0.1, -0.05) is 366 Å². The predicted octanol–water partition coefficient (Wildman–Crippen LogP) is 23.7. The maximum absolute atomic E-state index is 12.5. The first-order valence-electron chi connectivity index (χ1n) is 36.6. The number of amides is 1. The summed E-state index contributed by atoms with van der Waals surface area (Å²) in [5, 5.41) is 23.2. The van der Waals surface area contributed by atoms with Crippen LogP contribution in [0.4, 0.5) is 0 Å². The minimum atomic E-state index is -0.844. The van der Waals surface area contributed by atoms with Crippen LogP contribution in [0.5, 0.6) is 0 Å². The molecule has 1 amide bonds. The summed E-state index contributed by atoms with van der Waals surface area (Å²) in [6.45, 7) is 4.95. The highest BCUT2D eigenvalue weighted by Gasteiger charge is 2.18. The number of hydrogen-bond acceptors (Lipinski definition) is 5. The van der Waals surface area contributed by atoms with Crippen molar-refractivity contribution in [1.29, 1.82) is 0 Å². The zero-order chi connectivity index (χ0) is 57.8. The molecule has 0 saturated carbocycles. The number of hydrogen-bond donors (Lipinski definition) is 3. The number of allylic oxidation sites excluding steroid dienone is 3. The Balaban J connectivity index is 3.38. The van der Waals surface area contributed by atoms with Gasteiger partial charge in [0.25, 0.3) is 0 Å². The lowest BCUT2D eigenvalue weighted by Gasteiger charge is -2.20. The third kappa shape index (κ3) is 65.5. The molecule has 3 N–H and O–H groups in total. The van der Waals surface area contributed by atoms with E-state index in [9.17, 15) is 19.8 Å². The van der Waals surface area contributed by atoms with Crippen molar-refractivity contribution in [2.24, 2.45) is 0 Å². The Labute approximate surface area is 501 Å². The van der Waals surface area contributed by atoms with E-state index < -0.39 is 12.1 Å². The van der Waals surface area contributed by atoms with E-state index in [-0.39, 0.29) is 18.5 Å². The molecule has 2 atom stereocenters. The highest BCUT2D eigenvalue weighted by Crippen LogP contribution is 2.19. The van der Waals surface area contributed by atoms with E-state index in [0.29, 0.717) is 19.4 Å². The second kappa shape index (κ2) is 69.8. The van der Waals surface area contributed by atoms with Gasteiger partial charge >= 0.3 is 5.97 Å². The van der Waals surface area contributed by atoms with Gasteiger partial charge < -0.3 is 20.3 Å². The highest BCUT2D eigenvalue weighted by molar-refractivity contribution is 5.76. The van der Waals surface area contributed by atoms with Crippen molar-refractivity contribution in [3.05, 3.63) is 24.3 Å². The quantitative estimate of drug-likeness (QED) is 0.0320. The van der Waals surface area contributed by atoms with Crippen LogP contribution in [0.3, 0.4) is 0 Å². The third-order valence-corrected chi connectivity index (χ3v) is 17.2. The first-order valence-corrected chi connectivity index (χ1v) is 36.6. The zero-order valence-corrected chi connectivity index (χ0v) is 54.3. The Bertz CT molecular complexity index is 1250. The molecule has 0 spiro atoms. The highest BCUT2D eigenvalue weighted by atomic mass is 16.5. The summed E-state index contributed by atoms with van der Waals surface area (Å²) in [4.78, 5) is 24.6. The summed E-state index contributed by atoms with van der Waals surface area (Å²) >= 11 is 0. The number of rotatable bonds is 69. The van der Waals surface area contributed by atoms with Crippen LogP contribution in [0.2, 0.25) is 0 Å². The van der Waals surface area contributed by atoms with E-state index in [1.807, 2.05) is 6.08 Å². The maximum atomic E-state index is 12.5. The Hall–Kier alpha value is -1.66. The van der Waals surface area contributed by atoms with Crippen LogP contribution in [0.25, 0.3) is 0 Å². The van der Waals surface area contributed by atoms with E-state index in [4.69, 9.17) is 4.74 Å². The Morgan fingerprint density at radius 1 is 0.338 bits per heavy atom. The van der Waals surface area contributed by atoms with Crippen LogP contribution < -0.4 is 5.32 Å². The molecule has 6 nitrogen and oxygen atoms in total. The minimum Gasteiger partial charge on any atom is -0.466 e. The van der Waals surface area contributed by atoms with E-state index >= 15 is 0 Å². The molecule has 0 fully saturated rings. The van der Waals surface area contributed by atoms with Gasteiger partial charge in [-0.15, -0.1) is 0 Å². The lowest BCUT2D eigenvalue weighted by atomic mass is 10.0. The fourth-order valence-electron chi connectivity index (χ4n) is 11.6. The van der Waals surface area contributed by atoms with E-state index in [0.717, 1.165) is 38.5 Å². The van der Waals surface area contributed by atoms with Crippen LogP contribution in [-0.2, 0) is 14.3 Å². The van der Waals surface area contributed by atoms with Crippen LogP contribution in [-0.4, -0.2) is 47.4 Å². The number of nitrogens with one attached hydrogen (secondary N) is 1. The van der Waals surface area contributed by atoms with Gasteiger partial charge in [0.2, 0.25) is 5.91 Å². The van der Waals surface area contributed by atoms with Crippen molar-refractivity contribution in [2.45, 2.75) is 424 Å². The molecule has 0 aliphatic carbocycles. The first-order chi connectivity index (χ1) is 39.5. The molecule has 0 radical (unpaired) electrons. The predicted molar refractivity (Wildman–Crippen MR) is 352 cm³/mol. The lowest BCUT2D eigenvalue weighted by molar-refractivity contribution is -0.143. The second-order valence-corrected chi connectivity index (χ2v) is 25.3. The molecule has 6 heteroatoms. The molecular formula is C74H143NO5. The average molecular weight is 1130 g/mol. The summed E-state index contributed by atoms with van der Waals surface area (Å²) in [6.07, 6.45) is 88.4. The second-order valence-electron chi connectivity index (χ2n) is 25.3. The minimum absolute atomic E-state index is 0.0204. The number of esters is 1. The monoisotopic (exact) mass is 1130 g/mol. The van der Waals surface area contributed by atoms with Gasteiger partial charge in [0.05, 0.1) is 25.4 Å². The summed E-state index contributed by atoms with van der Waals surface area (Å²) < 4.78 is 5.50. The molecule has 0 saturated heterocycles. The molecular weight excluding hydrogens is 983 g/mol. The summed E-state index contributed by atoms with van der Waals surface area (Å²) in [5.41, 5.74) is 0. The van der Waals surface area contributed by atoms with Crippen LogP contribution in [0, 0.1) is 0 Å². The van der Waals surface area contributed by atoms with E-state index in [1.54, 1.807) is 6.08 Å². The molecule has 0 aliphatic heterocycles. The van der Waals surface area contributed by atoms with Crippen molar-refractivity contribution >= 4 is 11.9 Å². The Morgan fingerprint density at radius 2 is 0.588 bits per heavy atom. The molecule has 0 aliphatic rings. The molecule has 2 unspecified atom stereocenters. The fraction of sp³-hybridized carbons (Fsp3) is 0.919. The SMILES string of the molecule is CCCCCCCCCCCCCCCCCC/C=C/C(O)C(CO)NC(=O)CCCCCCCCCCCCCCC/C=C\CCCCCCCCCCCCCCOC(=O)CCCCCCCCCCCCCCCCCC. The Kier molecular flexibility index (Phi) is 68.4. The normalized spacial score (nSPS) is 12.6. The van der Waals surface area contributed by atoms with Gasteiger partial charge in [0, 0.05) is 12.8 Å². The topological polar surface area (TPSA) is 95.9 Å². The molecule has 0 bridgehead atoms. The molecule has 474 valence electrons. The van der Waals surface area contributed by atoms with E-state index in [2.05, 4.69) is 31.3 Å². The molecule has 0 aromatic heterocycles. The Morgan fingerprint density at radius 3 is 0.887 bits per heavy atom. The number of aliphatic hydroxyl groups is 2. The maximum Gasteiger partial charge on any atom is 0.305 e. The molecule has 0 heterocycles. The van der Waals surface area contributed by atoms with E-state index in [1.165, 1.54) is 347 Å². The molecule has 0 rings (SSSR count). The molecule has 0 aromatic carbocycles. The van der Waals surface area contributed by atoms with Crippen LogP contribution in [0.1, 0.15) is 412 Å².